The molecule has 1 aromatic carbocycles. The van der Waals surface area contributed by atoms with Crippen molar-refractivity contribution in [1.82, 2.24) is 0 Å². The van der Waals surface area contributed by atoms with Crippen LogP contribution in [0.15, 0.2) is 24.3 Å². The van der Waals surface area contributed by atoms with Gasteiger partial charge in [-0.3, -0.25) is 0 Å². The Morgan fingerprint density at radius 2 is 1.42 bits per heavy atom. The molecule has 0 atom stereocenters. The zero-order valence-electron chi connectivity index (χ0n) is 11.8. The van der Waals surface area contributed by atoms with E-state index in [4.69, 9.17) is 0 Å². The van der Waals surface area contributed by atoms with E-state index >= 15 is 0 Å². The van der Waals surface area contributed by atoms with Crippen molar-refractivity contribution >= 4 is 11.4 Å². The second-order valence-corrected chi connectivity index (χ2v) is 7.12. The van der Waals surface area contributed by atoms with Crippen LogP contribution in [0.5, 0.6) is 0 Å². The molecule has 2 N–H and O–H groups in total. The third-order valence-electron chi connectivity index (χ3n) is 5.63. The Hall–Kier alpha value is -1.18. The normalized spacial score (nSPS) is 39.3. The van der Waals surface area contributed by atoms with E-state index in [1.165, 1.54) is 49.9 Å². The molecule has 102 valence electrons. The fourth-order valence-corrected chi connectivity index (χ4v) is 5.36. The minimum atomic E-state index is 0.404. The van der Waals surface area contributed by atoms with Gasteiger partial charge in [0.05, 0.1) is 11.4 Å². The van der Waals surface area contributed by atoms with Crippen LogP contribution in [0.4, 0.5) is 11.4 Å². The van der Waals surface area contributed by atoms with Crippen molar-refractivity contribution in [2.75, 3.05) is 17.7 Å². The Bertz CT molecular complexity index is 445. The summed E-state index contributed by atoms with van der Waals surface area (Å²) >= 11 is 0. The number of hydrogen-bond donors (Lipinski definition) is 2. The molecular formula is C17H24N2. The smallest absolute Gasteiger partial charge is 0.0580 e. The summed E-state index contributed by atoms with van der Waals surface area (Å²) in [5, 5.41) is 7.26. The fraction of sp³-hybridized carbons (Fsp3) is 0.647. The predicted molar refractivity (Wildman–Crippen MR) is 80.5 cm³/mol. The van der Waals surface area contributed by atoms with Gasteiger partial charge in [-0.25, -0.2) is 0 Å². The molecule has 4 bridgehead atoms. The third-order valence-corrected chi connectivity index (χ3v) is 5.63. The van der Waals surface area contributed by atoms with Crippen LogP contribution in [0, 0.1) is 17.8 Å². The topological polar surface area (TPSA) is 24.1 Å². The van der Waals surface area contributed by atoms with Crippen molar-refractivity contribution < 1.29 is 0 Å². The summed E-state index contributed by atoms with van der Waals surface area (Å²) in [4.78, 5) is 0. The summed E-state index contributed by atoms with van der Waals surface area (Å²) in [5.74, 6) is 3.00. The van der Waals surface area contributed by atoms with E-state index < -0.39 is 0 Å². The third kappa shape index (κ3) is 1.92. The Morgan fingerprint density at radius 1 is 0.895 bits per heavy atom. The van der Waals surface area contributed by atoms with Gasteiger partial charge in [-0.2, -0.15) is 0 Å². The van der Waals surface area contributed by atoms with Crippen molar-refractivity contribution in [2.24, 2.45) is 17.8 Å². The molecule has 4 aliphatic rings. The van der Waals surface area contributed by atoms with Gasteiger partial charge in [0, 0.05) is 12.6 Å². The first kappa shape index (κ1) is 11.6. The molecule has 4 aliphatic carbocycles. The van der Waals surface area contributed by atoms with Gasteiger partial charge < -0.3 is 10.6 Å². The monoisotopic (exact) mass is 256 g/mol. The average molecular weight is 256 g/mol. The Balaban J connectivity index is 1.62. The van der Waals surface area contributed by atoms with Crippen LogP contribution >= 0.6 is 0 Å². The lowest BCUT2D eigenvalue weighted by molar-refractivity contribution is 0.0107. The summed E-state index contributed by atoms with van der Waals surface area (Å²) in [6.07, 6.45) is 8.73. The van der Waals surface area contributed by atoms with Crippen molar-refractivity contribution in [3.05, 3.63) is 24.3 Å². The molecular weight excluding hydrogens is 232 g/mol. The van der Waals surface area contributed by atoms with Gasteiger partial charge in [0.15, 0.2) is 0 Å². The van der Waals surface area contributed by atoms with Crippen molar-refractivity contribution in [1.29, 1.82) is 0 Å². The van der Waals surface area contributed by atoms with Crippen LogP contribution in [-0.2, 0) is 0 Å². The second kappa shape index (κ2) is 4.16. The number of hydrogen-bond acceptors (Lipinski definition) is 2. The maximum absolute atomic E-state index is 3.94. The largest absolute Gasteiger partial charge is 0.386 e. The minimum absolute atomic E-state index is 0.404. The first-order valence-electron chi connectivity index (χ1n) is 7.81. The Kier molecular flexibility index (Phi) is 2.54. The van der Waals surface area contributed by atoms with Crippen molar-refractivity contribution in [3.8, 4) is 0 Å². The van der Waals surface area contributed by atoms with Crippen LogP contribution in [0.1, 0.15) is 38.5 Å². The quantitative estimate of drug-likeness (QED) is 0.850. The molecule has 4 fully saturated rings. The van der Waals surface area contributed by atoms with Crippen molar-refractivity contribution in [2.45, 2.75) is 44.1 Å². The lowest BCUT2D eigenvalue weighted by atomic mass is 9.53. The molecule has 2 heteroatoms. The number of anilines is 2. The first-order valence-corrected chi connectivity index (χ1v) is 7.81. The molecule has 19 heavy (non-hydrogen) atoms. The highest BCUT2D eigenvalue weighted by atomic mass is 15.0. The summed E-state index contributed by atoms with van der Waals surface area (Å²) in [7, 11) is 2.01. The van der Waals surface area contributed by atoms with E-state index in [0.29, 0.717) is 5.54 Å². The lowest BCUT2D eigenvalue weighted by Crippen LogP contribution is -2.54. The zero-order chi connectivity index (χ0) is 12.9. The minimum Gasteiger partial charge on any atom is -0.386 e. The van der Waals surface area contributed by atoms with E-state index in [1.807, 2.05) is 7.05 Å². The van der Waals surface area contributed by atoms with Crippen LogP contribution in [-0.4, -0.2) is 12.6 Å². The molecule has 4 saturated carbocycles. The van der Waals surface area contributed by atoms with E-state index in [9.17, 15) is 0 Å². The van der Waals surface area contributed by atoms with Crippen LogP contribution in [0.2, 0.25) is 0 Å². The first-order chi connectivity index (χ1) is 9.26. The molecule has 0 radical (unpaired) electrons. The number of benzene rings is 1. The van der Waals surface area contributed by atoms with E-state index in [1.54, 1.807) is 0 Å². The molecule has 0 heterocycles. The summed E-state index contributed by atoms with van der Waals surface area (Å²) < 4.78 is 0. The molecule has 0 aromatic heterocycles. The summed E-state index contributed by atoms with van der Waals surface area (Å²) in [6, 6.07) is 8.65. The van der Waals surface area contributed by atoms with Gasteiger partial charge >= 0.3 is 0 Å². The van der Waals surface area contributed by atoms with Crippen molar-refractivity contribution in [3.63, 3.8) is 0 Å². The molecule has 5 rings (SSSR count). The van der Waals surface area contributed by atoms with Gasteiger partial charge in [-0.05, 0) is 68.4 Å². The van der Waals surface area contributed by atoms with E-state index in [-0.39, 0.29) is 0 Å². The summed E-state index contributed by atoms with van der Waals surface area (Å²) in [5.41, 5.74) is 2.94. The molecule has 1 aromatic rings. The molecule has 0 saturated heterocycles. The fourth-order valence-electron chi connectivity index (χ4n) is 5.36. The number of nitrogens with one attached hydrogen (secondary N) is 2. The zero-order valence-corrected chi connectivity index (χ0v) is 11.8. The van der Waals surface area contributed by atoms with E-state index in [2.05, 4.69) is 34.9 Å². The average Bonchev–Trinajstić information content (AvgIpc) is 2.37. The number of rotatable bonds is 3. The molecule has 0 amide bonds. The van der Waals surface area contributed by atoms with Crippen LogP contribution < -0.4 is 10.6 Å². The second-order valence-electron chi connectivity index (χ2n) is 7.12. The molecule has 2 nitrogen and oxygen atoms in total. The van der Waals surface area contributed by atoms with Gasteiger partial charge in [-0.1, -0.05) is 12.1 Å². The van der Waals surface area contributed by atoms with Gasteiger partial charge in [0.25, 0.3) is 0 Å². The van der Waals surface area contributed by atoms with E-state index in [0.717, 1.165) is 17.8 Å². The highest BCUT2D eigenvalue weighted by molar-refractivity contribution is 5.69. The van der Waals surface area contributed by atoms with Crippen LogP contribution in [0.25, 0.3) is 0 Å². The molecule has 0 aliphatic heterocycles. The maximum atomic E-state index is 3.94. The Morgan fingerprint density at radius 3 is 1.95 bits per heavy atom. The standard InChI is InChI=1S/C17H24N2/c1-18-15-4-2-3-5-16(15)19-17-9-12-6-13(10-17)8-14(7-12)11-17/h2-5,12-14,18-19H,6-11H2,1H3. The Labute approximate surface area is 116 Å². The number of para-hydroxylation sites is 2. The SMILES string of the molecule is CNc1ccccc1NC12CC3CC(CC(C3)C1)C2. The lowest BCUT2D eigenvalue weighted by Gasteiger charge is -2.57. The van der Waals surface area contributed by atoms with Gasteiger partial charge in [-0.15, -0.1) is 0 Å². The van der Waals surface area contributed by atoms with Gasteiger partial charge in [0.1, 0.15) is 0 Å². The highest BCUT2D eigenvalue weighted by Gasteiger charge is 2.50. The predicted octanol–water partition coefficient (Wildman–Crippen LogP) is 4.11. The summed E-state index contributed by atoms with van der Waals surface area (Å²) in [6.45, 7) is 0. The van der Waals surface area contributed by atoms with Crippen LogP contribution in [0.3, 0.4) is 0 Å². The molecule has 0 spiro atoms. The molecule has 0 unspecified atom stereocenters. The highest BCUT2D eigenvalue weighted by Crippen LogP contribution is 2.56. The maximum Gasteiger partial charge on any atom is 0.0580 e. The van der Waals surface area contributed by atoms with Gasteiger partial charge in [0.2, 0.25) is 0 Å².